The van der Waals surface area contributed by atoms with Crippen molar-refractivity contribution in [2.75, 3.05) is 24.6 Å². The first-order valence-corrected chi connectivity index (χ1v) is 6.86. The van der Waals surface area contributed by atoms with Gasteiger partial charge in [-0.2, -0.15) is 0 Å². The van der Waals surface area contributed by atoms with Crippen LogP contribution in [0.25, 0.3) is 0 Å². The standard InChI is InChI=1S/C13H20ClN3O/c1-9-10(2)13(16-15-12(9)14)17-6-3-4-11(8-17)5-7-18/h11,18H,3-8H2,1-2H3. The van der Waals surface area contributed by atoms with Crippen molar-refractivity contribution in [1.82, 2.24) is 10.2 Å². The van der Waals surface area contributed by atoms with Gasteiger partial charge in [0, 0.05) is 19.7 Å². The molecule has 0 aromatic carbocycles. The van der Waals surface area contributed by atoms with Gasteiger partial charge in [0.2, 0.25) is 0 Å². The van der Waals surface area contributed by atoms with Gasteiger partial charge in [0.05, 0.1) is 0 Å². The van der Waals surface area contributed by atoms with E-state index in [1.54, 1.807) is 0 Å². The average Bonchev–Trinajstić information content (AvgIpc) is 2.37. The highest BCUT2D eigenvalue weighted by Gasteiger charge is 2.22. The summed E-state index contributed by atoms with van der Waals surface area (Å²) in [5.41, 5.74) is 2.12. The number of halogens is 1. The first-order chi connectivity index (χ1) is 8.63. The molecule has 18 heavy (non-hydrogen) atoms. The smallest absolute Gasteiger partial charge is 0.155 e. The van der Waals surface area contributed by atoms with Crippen LogP contribution in [0.4, 0.5) is 5.82 Å². The lowest BCUT2D eigenvalue weighted by molar-refractivity contribution is 0.244. The second kappa shape index (κ2) is 5.85. The van der Waals surface area contributed by atoms with Crippen LogP contribution in [0.2, 0.25) is 5.15 Å². The summed E-state index contributed by atoms with van der Waals surface area (Å²) in [6.07, 6.45) is 3.21. The maximum atomic E-state index is 9.05. The van der Waals surface area contributed by atoms with Crippen molar-refractivity contribution in [2.45, 2.75) is 33.1 Å². The van der Waals surface area contributed by atoms with E-state index in [9.17, 15) is 0 Å². The monoisotopic (exact) mass is 269 g/mol. The Bertz CT molecular complexity index is 423. The van der Waals surface area contributed by atoms with Crippen LogP contribution >= 0.6 is 11.6 Å². The SMILES string of the molecule is Cc1c(Cl)nnc(N2CCCC(CCO)C2)c1C. The molecule has 1 aliphatic rings. The summed E-state index contributed by atoms with van der Waals surface area (Å²) in [7, 11) is 0. The zero-order valence-electron chi connectivity index (χ0n) is 11.0. The Morgan fingerprint density at radius 2 is 2.11 bits per heavy atom. The van der Waals surface area contributed by atoms with Crippen LogP contribution in [0.3, 0.4) is 0 Å². The lowest BCUT2D eigenvalue weighted by Gasteiger charge is -2.34. The van der Waals surface area contributed by atoms with Gasteiger partial charge in [0.1, 0.15) is 0 Å². The lowest BCUT2D eigenvalue weighted by atomic mass is 9.95. The van der Waals surface area contributed by atoms with Crippen molar-refractivity contribution in [1.29, 1.82) is 0 Å². The summed E-state index contributed by atoms with van der Waals surface area (Å²) in [6, 6.07) is 0. The minimum absolute atomic E-state index is 0.267. The van der Waals surface area contributed by atoms with Gasteiger partial charge < -0.3 is 10.0 Å². The average molecular weight is 270 g/mol. The molecule has 1 aromatic heterocycles. The number of hydrogen-bond acceptors (Lipinski definition) is 4. The summed E-state index contributed by atoms with van der Waals surface area (Å²) in [5.74, 6) is 1.50. The lowest BCUT2D eigenvalue weighted by Crippen LogP contribution is -2.37. The molecule has 1 atom stereocenters. The fourth-order valence-electron chi connectivity index (χ4n) is 2.54. The van der Waals surface area contributed by atoms with E-state index in [1.165, 1.54) is 6.42 Å². The molecule has 0 radical (unpaired) electrons. The topological polar surface area (TPSA) is 49.2 Å². The number of aromatic nitrogens is 2. The van der Waals surface area contributed by atoms with Crippen LogP contribution in [0.1, 0.15) is 30.4 Å². The Morgan fingerprint density at radius 1 is 1.33 bits per heavy atom. The molecular formula is C13H20ClN3O. The Kier molecular flexibility index (Phi) is 4.40. The van der Waals surface area contributed by atoms with Crippen LogP contribution < -0.4 is 4.90 Å². The molecule has 1 aliphatic heterocycles. The highest BCUT2D eigenvalue weighted by molar-refractivity contribution is 6.30. The molecule has 0 spiro atoms. The largest absolute Gasteiger partial charge is 0.396 e. The molecule has 1 N–H and O–H groups in total. The molecule has 1 fully saturated rings. The van der Waals surface area contributed by atoms with Crippen molar-refractivity contribution < 1.29 is 5.11 Å². The summed E-state index contributed by atoms with van der Waals surface area (Å²) in [6.45, 7) is 6.25. The molecule has 5 heteroatoms. The Balaban J connectivity index is 2.18. The number of aliphatic hydroxyl groups excluding tert-OH is 1. The highest BCUT2D eigenvalue weighted by atomic mass is 35.5. The second-order valence-electron chi connectivity index (χ2n) is 5.03. The van der Waals surface area contributed by atoms with Crippen molar-refractivity contribution in [2.24, 2.45) is 5.92 Å². The second-order valence-corrected chi connectivity index (χ2v) is 5.39. The van der Waals surface area contributed by atoms with Gasteiger partial charge in [-0.1, -0.05) is 11.6 Å². The zero-order chi connectivity index (χ0) is 13.1. The van der Waals surface area contributed by atoms with E-state index in [0.29, 0.717) is 11.1 Å². The van der Waals surface area contributed by atoms with Gasteiger partial charge in [-0.15, -0.1) is 10.2 Å². The summed E-state index contributed by atoms with van der Waals surface area (Å²) in [4.78, 5) is 2.27. The van der Waals surface area contributed by atoms with Crippen molar-refractivity contribution in [3.63, 3.8) is 0 Å². The number of anilines is 1. The van der Waals surface area contributed by atoms with E-state index in [1.807, 2.05) is 13.8 Å². The molecule has 2 heterocycles. The van der Waals surface area contributed by atoms with Crippen LogP contribution in [-0.2, 0) is 0 Å². The van der Waals surface area contributed by atoms with E-state index in [4.69, 9.17) is 16.7 Å². The minimum Gasteiger partial charge on any atom is -0.396 e. The molecule has 2 rings (SSSR count). The van der Waals surface area contributed by atoms with Gasteiger partial charge in [-0.05, 0) is 50.2 Å². The number of piperidine rings is 1. The van der Waals surface area contributed by atoms with Crippen molar-refractivity contribution >= 4 is 17.4 Å². The predicted molar refractivity (Wildman–Crippen MR) is 73.2 cm³/mol. The molecule has 1 aromatic rings. The number of nitrogens with zero attached hydrogens (tertiary/aromatic N) is 3. The van der Waals surface area contributed by atoms with Crippen LogP contribution in [0.5, 0.6) is 0 Å². The molecule has 4 nitrogen and oxygen atoms in total. The number of rotatable bonds is 3. The van der Waals surface area contributed by atoms with Crippen LogP contribution in [0.15, 0.2) is 0 Å². The van der Waals surface area contributed by atoms with E-state index in [0.717, 1.165) is 42.9 Å². The maximum Gasteiger partial charge on any atom is 0.155 e. The van der Waals surface area contributed by atoms with Crippen molar-refractivity contribution in [3.05, 3.63) is 16.3 Å². The molecule has 0 saturated carbocycles. The Morgan fingerprint density at radius 3 is 2.83 bits per heavy atom. The first-order valence-electron chi connectivity index (χ1n) is 6.48. The Hall–Kier alpha value is -0.870. The third kappa shape index (κ3) is 2.75. The predicted octanol–water partition coefficient (Wildman–Crippen LogP) is 2.35. The van der Waals surface area contributed by atoms with E-state index >= 15 is 0 Å². The third-order valence-corrected chi connectivity index (χ3v) is 4.15. The highest BCUT2D eigenvalue weighted by Crippen LogP contribution is 2.28. The van der Waals surface area contributed by atoms with E-state index in [2.05, 4.69) is 15.1 Å². The fourth-order valence-corrected chi connectivity index (χ4v) is 2.72. The summed E-state index contributed by atoms with van der Waals surface area (Å²) in [5, 5.41) is 17.8. The number of aliphatic hydroxyl groups is 1. The molecule has 1 saturated heterocycles. The van der Waals surface area contributed by atoms with E-state index < -0.39 is 0 Å². The van der Waals surface area contributed by atoms with Crippen molar-refractivity contribution in [3.8, 4) is 0 Å². The van der Waals surface area contributed by atoms with Gasteiger partial charge >= 0.3 is 0 Å². The molecule has 100 valence electrons. The third-order valence-electron chi connectivity index (χ3n) is 3.80. The quantitative estimate of drug-likeness (QED) is 0.915. The minimum atomic E-state index is 0.267. The zero-order valence-corrected chi connectivity index (χ0v) is 11.7. The van der Waals surface area contributed by atoms with Crippen LogP contribution in [0, 0.1) is 19.8 Å². The summed E-state index contributed by atoms with van der Waals surface area (Å²) < 4.78 is 0. The van der Waals surface area contributed by atoms with Gasteiger partial charge in [-0.3, -0.25) is 0 Å². The first kappa shape index (κ1) is 13.6. The molecule has 0 amide bonds. The Labute approximate surface area is 113 Å². The molecular weight excluding hydrogens is 250 g/mol. The molecule has 1 unspecified atom stereocenters. The maximum absolute atomic E-state index is 9.05. The molecule has 0 bridgehead atoms. The van der Waals surface area contributed by atoms with Gasteiger partial charge in [0.15, 0.2) is 11.0 Å². The van der Waals surface area contributed by atoms with Gasteiger partial charge in [0.25, 0.3) is 0 Å². The summed E-state index contributed by atoms with van der Waals surface area (Å²) >= 11 is 5.98. The van der Waals surface area contributed by atoms with Crippen LogP contribution in [-0.4, -0.2) is 35.0 Å². The molecule has 0 aliphatic carbocycles. The van der Waals surface area contributed by atoms with Gasteiger partial charge in [-0.25, -0.2) is 0 Å². The normalized spacial score (nSPS) is 20.2. The fraction of sp³-hybridized carbons (Fsp3) is 0.692. The van der Waals surface area contributed by atoms with E-state index in [-0.39, 0.29) is 6.61 Å². The number of hydrogen-bond donors (Lipinski definition) is 1.